The third kappa shape index (κ3) is 4.03. The zero-order chi connectivity index (χ0) is 14.4. The van der Waals surface area contributed by atoms with E-state index in [-0.39, 0.29) is 17.7 Å². The zero-order valence-corrected chi connectivity index (χ0v) is 12.3. The van der Waals surface area contributed by atoms with Gasteiger partial charge in [-0.15, -0.1) is 11.6 Å². The molecule has 0 bridgehead atoms. The van der Waals surface area contributed by atoms with Gasteiger partial charge in [-0.1, -0.05) is 0 Å². The van der Waals surface area contributed by atoms with Gasteiger partial charge in [-0.3, -0.25) is 4.79 Å². The third-order valence-electron chi connectivity index (χ3n) is 2.84. The number of carbonyl (C=O) groups excluding carboxylic acids is 1. The lowest BCUT2D eigenvalue weighted by Gasteiger charge is -2.26. The van der Waals surface area contributed by atoms with E-state index in [0.717, 1.165) is 6.42 Å². The minimum Gasteiger partial charge on any atom is -0.504 e. The van der Waals surface area contributed by atoms with Crippen molar-refractivity contribution in [1.82, 2.24) is 4.90 Å². The number of ether oxygens (including phenoxy) is 1. The molecule has 1 aromatic carbocycles. The molecular weight excluding hydrogens is 266 g/mol. The van der Waals surface area contributed by atoms with E-state index in [1.807, 2.05) is 13.8 Å². The Morgan fingerprint density at radius 3 is 2.63 bits per heavy atom. The average molecular weight is 286 g/mol. The number of amides is 1. The van der Waals surface area contributed by atoms with Crippen LogP contribution in [0, 0.1) is 0 Å². The molecule has 0 saturated carbocycles. The molecule has 0 aromatic heterocycles. The SMILES string of the molecule is COc1ccc(C(=O)N(CCCCl)C(C)C)cc1O. The first-order valence-electron chi connectivity index (χ1n) is 6.25. The van der Waals surface area contributed by atoms with Gasteiger partial charge < -0.3 is 14.7 Å². The van der Waals surface area contributed by atoms with E-state index in [1.165, 1.54) is 13.2 Å². The van der Waals surface area contributed by atoms with Gasteiger partial charge in [0.05, 0.1) is 7.11 Å². The second-order valence-corrected chi connectivity index (χ2v) is 4.90. The van der Waals surface area contributed by atoms with Gasteiger partial charge in [-0.05, 0) is 38.5 Å². The third-order valence-corrected chi connectivity index (χ3v) is 3.11. The van der Waals surface area contributed by atoms with Crippen LogP contribution in [0.4, 0.5) is 0 Å². The van der Waals surface area contributed by atoms with Crippen molar-refractivity contribution in [3.63, 3.8) is 0 Å². The van der Waals surface area contributed by atoms with Crippen molar-refractivity contribution in [2.45, 2.75) is 26.3 Å². The molecule has 0 unspecified atom stereocenters. The summed E-state index contributed by atoms with van der Waals surface area (Å²) in [6, 6.07) is 4.75. The number of alkyl halides is 1. The molecule has 0 aliphatic rings. The molecule has 0 atom stereocenters. The van der Waals surface area contributed by atoms with Crippen LogP contribution in [-0.2, 0) is 0 Å². The summed E-state index contributed by atoms with van der Waals surface area (Å²) in [5.74, 6) is 0.727. The first kappa shape index (κ1) is 15.6. The molecule has 0 spiro atoms. The molecule has 0 aliphatic carbocycles. The van der Waals surface area contributed by atoms with Crippen molar-refractivity contribution >= 4 is 17.5 Å². The van der Waals surface area contributed by atoms with Crippen LogP contribution in [0.3, 0.4) is 0 Å². The molecule has 106 valence electrons. The Balaban J connectivity index is 2.93. The topological polar surface area (TPSA) is 49.8 Å². The van der Waals surface area contributed by atoms with Gasteiger partial charge in [0.15, 0.2) is 11.5 Å². The van der Waals surface area contributed by atoms with Crippen LogP contribution in [0.2, 0.25) is 0 Å². The first-order chi connectivity index (χ1) is 9.01. The Morgan fingerprint density at radius 1 is 1.47 bits per heavy atom. The summed E-state index contributed by atoms with van der Waals surface area (Å²) in [5.41, 5.74) is 0.446. The molecule has 5 heteroatoms. The van der Waals surface area contributed by atoms with Gasteiger partial charge in [0.1, 0.15) is 0 Å². The molecule has 1 amide bonds. The lowest BCUT2D eigenvalue weighted by molar-refractivity contribution is 0.0706. The van der Waals surface area contributed by atoms with Gasteiger partial charge in [0.25, 0.3) is 5.91 Å². The maximum atomic E-state index is 12.4. The van der Waals surface area contributed by atoms with Crippen LogP contribution >= 0.6 is 11.6 Å². The summed E-state index contributed by atoms with van der Waals surface area (Å²) in [5, 5.41) is 9.72. The maximum Gasteiger partial charge on any atom is 0.254 e. The van der Waals surface area contributed by atoms with Crippen LogP contribution in [0.15, 0.2) is 18.2 Å². The molecule has 0 fully saturated rings. The number of aromatic hydroxyl groups is 1. The van der Waals surface area contributed by atoms with Crippen molar-refractivity contribution in [3.8, 4) is 11.5 Å². The van der Waals surface area contributed by atoms with Gasteiger partial charge >= 0.3 is 0 Å². The monoisotopic (exact) mass is 285 g/mol. The minimum atomic E-state index is -0.113. The van der Waals surface area contributed by atoms with E-state index in [1.54, 1.807) is 17.0 Å². The van der Waals surface area contributed by atoms with E-state index in [0.29, 0.717) is 23.7 Å². The standard InChI is InChI=1S/C14H20ClNO3/c1-10(2)16(8-4-7-15)14(18)11-5-6-13(19-3)12(17)9-11/h5-6,9-10,17H,4,7-8H2,1-3H3. The molecule has 0 radical (unpaired) electrons. The molecule has 1 rings (SSSR count). The first-order valence-corrected chi connectivity index (χ1v) is 6.78. The van der Waals surface area contributed by atoms with E-state index >= 15 is 0 Å². The number of rotatable bonds is 6. The van der Waals surface area contributed by atoms with Crippen LogP contribution in [0.5, 0.6) is 11.5 Å². The minimum absolute atomic E-state index is 0.0330. The summed E-state index contributed by atoms with van der Waals surface area (Å²) in [6.07, 6.45) is 0.744. The van der Waals surface area contributed by atoms with E-state index < -0.39 is 0 Å². The van der Waals surface area contributed by atoms with E-state index in [9.17, 15) is 9.90 Å². The molecule has 1 N–H and O–H groups in total. The molecule has 4 nitrogen and oxygen atoms in total. The molecule has 0 aliphatic heterocycles. The number of nitrogens with zero attached hydrogens (tertiary/aromatic N) is 1. The Bertz CT molecular complexity index is 435. The van der Waals surface area contributed by atoms with Gasteiger partial charge in [-0.25, -0.2) is 0 Å². The number of methoxy groups -OCH3 is 1. The molecule has 19 heavy (non-hydrogen) atoms. The Hall–Kier alpha value is -1.42. The largest absolute Gasteiger partial charge is 0.504 e. The normalized spacial score (nSPS) is 10.6. The van der Waals surface area contributed by atoms with Gasteiger partial charge in [0, 0.05) is 24.0 Å². The molecule has 0 heterocycles. The van der Waals surface area contributed by atoms with Crippen LogP contribution in [-0.4, -0.2) is 41.5 Å². The fourth-order valence-electron chi connectivity index (χ4n) is 1.81. The lowest BCUT2D eigenvalue weighted by atomic mass is 10.1. The van der Waals surface area contributed by atoms with Gasteiger partial charge in [-0.2, -0.15) is 0 Å². The number of benzene rings is 1. The number of hydrogen-bond acceptors (Lipinski definition) is 3. The average Bonchev–Trinajstić information content (AvgIpc) is 2.38. The van der Waals surface area contributed by atoms with E-state index in [2.05, 4.69) is 0 Å². The predicted molar refractivity (Wildman–Crippen MR) is 76.2 cm³/mol. The van der Waals surface area contributed by atoms with Crippen molar-refractivity contribution in [2.75, 3.05) is 19.5 Å². The van der Waals surface area contributed by atoms with Crippen molar-refractivity contribution in [1.29, 1.82) is 0 Å². The molecular formula is C14H20ClNO3. The summed E-state index contributed by atoms with van der Waals surface area (Å²) < 4.78 is 4.96. The van der Waals surface area contributed by atoms with Crippen molar-refractivity contribution in [3.05, 3.63) is 23.8 Å². The Labute approximate surface area is 118 Å². The second kappa shape index (κ2) is 7.24. The number of phenols is 1. The number of hydrogen-bond donors (Lipinski definition) is 1. The summed E-state index contributed by atoms with van der Waals surface area (Å²) in [4.78, 5) is 14.1. The van der Waals surface area contributed by atoms with Crippen LogP contribution in [0.25, 0.3) is 0 Å². The highest BCUT2D eigenvalue weighted by Gasteiger charge is 2.19. The van der Waals surface area contributed by atoms with Crippen LogP contribution in [0.1, 0.15) is 30.6 Å². The fraction of sp³-hybridized carbons (Fsp3) is 0.500. The molecule has 1 aromatic rings. The fourth-order valence-corrected chi connectivity index (χ4v) is 1.93. The maximum absolute atomic E-state index is 12.4. The highest BCUT2D eigenvalue weighted by atomic mass is 35.5. The highest BCUT2D eigenvalue weighted by Crippen LogP contribution is 2.27. The quantitative estimate of drug-likeness (QED) is 0.818. The number of carbonyl (C=O) groups is 1. The lowest BCUT2D eigenvalue weighted by Crippen LogP contribution is -2.37. The summed E-state index contributed by atoms with van der Waals surface area (Å²) in [7, 11) is 1.47. The number of phenolic OH excluding ortho intramolecular Hbond substituents is 1. The second-order valence-electron chi connectivity index (χ2n) is 4.52. The predicted octanol–water partition coefficient (Wildman–Crippen LogP) is 2.88. The number of halogens is 1. The Kier molecular flexibility index (Phi) is 5.96. The van der Waals surface area contributed by atoms with E-state index in [4.69, 9.17) is 16.3 Å². The smallest absolute Gasteiger partial charge is 0.254 e. The van der Waals surface area contributed by atoms with Gasteiger partial charge in [0.2, 0.25) is 0 Å². The van der Waals surface area contributed by atoms with Crippen LogP contribution < -0.4 is 4.74 Å². The van der Waals surface area contributed by atoms with Crippen molar-refractivity contribution < 1.29 is 14.6 Å². The Morgan fingerprint density at radius 2 is 2.16 bits per heavy atom. The summed E-state index contributed by atoms with van der Waals surface area (Å²) >= 11 is 5.67. The zero-order valence-electron chi connectivity index (χ0n) is 11.5. The molecule has 0 saturated heterocycles. The highest BCUT2D eigenvalue weighted by molar-refractivity contribution is 6.17. The summed E-state index contributed by atoms with van der Waals surface area (Å²) in [6.45, 7) is 4.51. The van der Waals surface area contributed by atoms with Crippen molar-refractivity contribution in [2.24, 2.45) is 0 Å².